The number of likely N-dealkylation sites (N-methyl/N-ethyl adjacent to an activating group) is 1. The molecule has 5 heteroatoms. The maximum atomic E-state index is 5.91. The Labute approximate surface area is 143 Å². The van der Waals surface area contributed by atoms with Gasteiger partial charge in [0.1, 0.15) is 0 Å². The first-order valence-corrected chi connectivity index (χ1v) is 9.10. The second-order valence-corrected chi connectivity index (χ2v) is 7.16. The summed E-state index contributed by atoms with van der Waals surface area (Å²) in [6, 6.07) is 1.92. The first kappa shape index (κ1) is 20.8. The summed E-state index contributed by atoms with van der Waals surface area (Å²) >= 11 is 0. The number of ether oxygens (including phenoxy) is 3. The molecule has 23 heavy (non-hydrogen) atoms. The van der Waals surface area contributed by atoms with Gasteiger partial charge >= 0.3 is 0 Å². The van der Waals surface area contributed by atoms with Crippen LogP contribution in [0.15, 0.2) is 0 Å². The van der Waals surface area contributed by atoms with Crippen LogP contribution in [0.25, 0.3) is 0 Å². The van der Waals surface area contributed by atoms with E-state index in [2.05, 4.69) is 44.5 Å². The highest BCUT2D eigenvalue weighted by Gasteiger charge is 2.30. The molecule has 1 aliphatic rings. The van der Waals surface area contributed by atoms with E-state index in [1.54, 1.807) is 7.11 Å². The molecule has 0 N–H and O–H groups in total. The predicted molar refractivity (Wildman–Crippen MR) is 95.1 cm³/mol. The van der Waals surface area contributed by atoms with Crippen molar-refractivity contribution in [1.29, 1.82) is 0 Å². The molecule has 1 aliphatic carbocycles. The van der Waals surface area contributed by atoms with Crippen molar-refractivity contribution in [2.24, 2.45) is 0 Å². The predicted octanol–water partition coefficient (Wildman–Crippen LogP) is 2.25. The topological polar surface area (TPSA) is 34.2 Å². The van der Waals surface area contributed by atoms with Crippen LogP contribution >= 0.6 is 0 Å². The van der Waals surface area contributed by atoms with Crippen LogP contribution in [0, 0.1) is 0 Å². The molecule has 0 aromatic carbocycles. The summed E-state index contributed by atoms with van der Waals surface area (Å²) in [6.07, 6.45) is 2.81. The zero-order chi connectivity index (χ0) is 17.2. The zero-order valence-corrected chi connectivity index (χ0v) is 16.1. The van der Waals surface area contributed by atoms with Gasteiger partial charge in [0.25, 0.3) is 0 Å². The van der Waals surface area contributed by atoms with Crippen molar-refractivity contribution < 1.29 is 14.2 Å². The van der Waals surface area contributed by atoms with Crippen LogP contribution < -0.4 is 0 Å². The van der Waals surface area contributed by atoms with Gasteiger partial charge in [-0.1, -0.05) is 0 Å². The molecule has 0 aromatic rings. The van der Waals surface area contributed by atoms with Gasteiger partial charge in [0, 0.05) is 38.3 Å². The van der Waals surface area contributed by atoms with Crippen molar-refractivity contribution >= 4 is 0 Å². The second-order valence-electron chi connectivity index (χ2n) is 7.16. The fourth-order valence-electron chi connectivity index (χ4n) is 2.69. The lowest BCUT2D eigenvalue weighted by atomic mass is 10.3. The summed E-state index contributed by atoms with van der Waals surface area (Å²) in [5.74, 6) is 0. The van der Waals surface area contributed by atoms with Crippen LogP contribution in [-0.4, -0.2) is 87.7 Å². The molecule has 0 amide bonds. The van der Waals surface area contributed by atoms with Crippen LogP contribution in [0.1, 0.15) is 40.5 Å². The standard InChI is InChI=1S/C18H38N2O3/c1-15(2)19(5)13-18(14-21-6)23-12-11-22-10-9-20(16(3)4)17-7-8-17/h15-18H,7-14H2,1-6H3. The highest BCUT2D eigenvalue weighted by molar-refractivity contribution is 4.86. The van der Waals surface area contributed by atoms with Gasteiger partial charge in [-0.15, -0.1) is 0 Å². The average Bonchev–Trinajstić information content (AvgIpc) is 3.30. The maximum Gasteiger partial charge on any atom is 0.0935 e. The van der Waals surface area contributed by atoms with E-state index in [-0.39, 0.29) is 6.10 Å². The highest BCUT2D eigenvalue weighted by atomic mass is 16.5. The molecular formula is C18H38N2O3. The molecule has 0 heterocycles. The Morgan fingerprint density at radius 2 is 1.70 bits per heavy atom. The Bertz CT molecular complexity index is 294. The van der Waals surface area contributed by atoms with Gasteiger partial charge in [-0.25, -0.2) is 0 Å². The van der Waals surface area contributed by atoms with E-state index >= 15 is 0 Å². The van der Waals surface area contributed by atoms with E-state index in [0.717, 1.165) is 25.7 Å². The largest absolute Gasteiger partial charge is 0.382 e. The molecule has 1 rings (SSSR count). The molecule has 0 saturated heterocycles. The lowest BCUT2D eigenvalue weighted by molar-refractivity contribution is -0.0440. The number of rotatable bonds is 14. The normalized spacial score (nSPS) is 17.0. The number of hydrogen-bond acceptors (Lipinski definition) is 5. The van der Waals surface area contributed by atoms with E-state index in [1.807, 2.05) is 0 Å². The SMILES string of the molecule is COCC(CN(C)C(C)C)OCCOCCN(C(C)C)C1CC1. The lowest BCUT2D eigenvalue weighted by Gasteiger charge is -2.27. The number of methoxy groups -OCH3 is 1. The minimum Gasteiger partial charge on any atom is -0.382 e. The van der Waals surface area contributed by atoms with Gasteiger partial charge < -0.3 is 19.1 Å². The third-order valence-corrected chi connectivity index (χ3v) is 4.48. The minimum atomic E-state index is 0.106. The monoisotopic (exact) mass is 330 g/mol. The maximum absolute atomic E-state index is 5.91. The van der Waals surface area contributed by atoms with Gasteiger partial charge in [0.05, 0.1) is 32.5 Å². The molecule has 1 fully saturated rings. The fourth-order valence-corrected chi connectivity index (χ4v) is 2.69. The van der Waals surface area contributed by atoms with Crippen molar-refractivity contribution in [2.75, 3.05) is 53.7 Å². The molecule has 1 saturated carbocycles. The Balaban J connectivity index is 2.11. The zero-order valence-electron chi connectivity index (χ0n) is 16.1. The van der Waals surface area contributed by atoms with Gasteiger partial charge in [0.15, 0.2) is 0 Å². The van der Waals surface area contributed by atoms with Gasteiger partial charge in [-0.3, -0.25) is 4.90 Å². The highest BCUT2D eigenvalue weighted by Crippen LogP contribution is 2.28. The summed E-state index contributed by atoms with van der Waals surface area (Å²) in [7, 11) is 3.84. The van der Waals surface area contributed by atoms with E-state index in [1.165, 1.54) is 12.8 Å². The van der Waals surface area contributed by atoms with Crippen molar-refractivity contribution in [1.82, 2.24) is 9.80 Å². The number of nitrogens with zero attached hydrogens (tertiary/aromatic N) is 2. The van der Waals surface area contributed by atoms with Crippen LogP contribution in [0.4, 0.5) is 0 Å². The summed E-state index contributed by atoms with van der Waals surface area (Å²) in [4.78, 5) is 4.83. The molecule has 0 aromatic heterocycles. The third kappa shape index (κ3) is 9.01. The first-order valence-electron chi connectivity index (χ1n) is 9.10. The Morgan fingerprint density at radius 1 is 1.00 bits per heavy atom. The molecule has 0 bridgehead atoms. The van der Waals surface area contributed by atoms with Crippen molar-refractivity contribution in [2.45, 2.75) is 64.8 Å². The fraction of sp³-hybridized carbons (Fsp3) is 1.00. The quantitative estimate of drug-likeness (QED) is 0.456. The molecule has 5 nitrogen and oxygen atoms in total. The van der Waals surface area contributed by atoms with E-state index in [9.17, 15) is 0 Å². The number of hydrogen-bond donors (Lipinski definition) is 0. The molecular weight excluding hydrogens is 292 g/mol. The minimum absolute atomic E-state index is 0.106. The molecule has 1 atom stereocenters. The van der Waals surface area contributed by atoms with E-state index in [0.29, 0.717) is 31.9 Å². The lowest BCUT2D eigenvalue weighted by Crippen LogP contribution is -2.38. The Morgan fingerprint density at radius 3 is 2.22 bits per heavy atom. The summed E-state index contributed by atoms with van der Waals surface area (Å²) in [6.45, 7) is 13.5. The van der Waals surface area contributed by atoms with Gasteiger partial charge in [0.2, 0.25) is 0 Å². The van der Waals surface area contributed by atoms with Crippen LogP contribution in [-0.2, 0) is 14.2 Å². The van der Waals surface area contributed by atoms with Gasteiger partial charge in [-0.2, -0.15) is 0 Å². The van der Waals surface area contributed by atoms with E-state index in [4.69, 9.17) is 14.2 Å². The third-order valence-electron chi connectivity index (χ3n) is 4.48. The summed E-state index contributed by atoms with van der Waals surface area (Å²) in [5, 5.41) is 0. The average molecular weight is 331 g/mol. The smallest absolute Gasteiger partial charge is 0.0935 e. The van der Waals surface area contributed by atoms with Crippen LogP contribution in [0.5, 0.6) is 0 Å². The Hall–Kier alpha value is -0.200. The first-order chi connectivity index (χ1) is 11.0. The van der Waals surface area contributed by atoms with E-state index < -0.39 is 0 Å². The van der Waals surface area contributed by atoms with Crippen molar-refractivity contribution in [3.8, 4) is 0 Å². The van der Waals surface area contributed by atoms with Crippen LogP contribution in [0.2, 0.25) is 0 Å². The molecule has 138 valence electrons. The molecule has 0 spiro atoms. The molecule has 1 unspecified atom stereocenters. The van der Waals surface area contributed by atoms with Crippen LogP contribution in [0.3, 0.4) is 0 Å². The second kappa shape index (κ2) is 11.4. The van der Waals surface area contributed by atoms with Gasteiger partial charge in [-0.05, 0) is 47.6 Å². The molecule has 0 radical (unpaired) electrons. The van der Waals surface area contributed by atoms with Crippen molar-refractivity contribution in [3.05, 3.63) is 0 Å². The Kier molecular flexibility index (Phi) is 10.3. The van der Waals surface area contributed by atoms with Crippen molar-refractivity contribution in [3.63, 3.8) is 0 Å². The summed E-state index contributed by atoms with van der Waals surface area (Å²) in [5.41, 5.74) is 0. The summed E-state index contributed by atoms with van der Waals surface area (Å²) < 4.78 is 16.9. The molecule has 0 aliphatic heterocycles.